The molecule has 4 nitrogen and oxygen atoms in total. The predicted octanol–water partition coefficient (Wildman–Crippen LogP) is 3.03. The van der Waals surface area contributed by atoms with Crippen LogP contribution in [0.5, 0.6) is 0 Å². The Bertz CT molecular complexity index is 566. The first kappa shape index (κ1) is 15.5. The molecule has 1 fully saturated rings. The Morgan fingerprint density at radius 1 is 1.32 bits per heavy atom. The number of benzene rings is 1. The fraction of sp³-hybridized carbons (Fsp3) is 0.471. The third kappa shape index (κ3) is 3.88. The molecule has 5 heteroatoms. The Morgan fingerprint density at radius 3 is 2.68 bits per heavy atom. The zero-order valence-corrected chi connectivity index (χ0v) is 13.3. The van der Waals surface area contributed by atoms with E-state index in [4.69, 9.17) is 11.6 Å². The van der Waals surface area contributed by atoms with Crippen molar-refractivity contribution >= 4 is 11.6 Å². The van der Waals surface area contributed by atoms with Crippen LogP contribution in [0.25, 0.3) is 0 Å². The Labute approximate surface area is 136 Å². The third-order valence-electron chi connectivity index (χ3n) is 4.38. The molecule has 1 aliphatic rings. The van der Waals surface area contributed by atoms with Crippen molar-refractivity contribution in [1.29, 1.82) is 0 Å². The van der Waals surface area contributed by atoms with E-state index in [1.807, 2.05) is 24.4 Å². The summed E-state index contributed by atoms with van der Waals surface area (Å²) in [5, 5.41) is 18.6. The molecule has 2 unspecified atom stereocenters. The molecule has 22 heavy (non-hydrogen) atoms. The summed E-state index contributed by atoms with van der Waals surface area (Å²) in [6.07, 6.45) is 6.93. The molecule has 0 bridgehead atoms. The molecule has 1 heterocycles. The summed E-state index contributed by atoms with van der Waals surface area (Å²) in [7, 11) is 0. The number of aliphatic hydroxyl groups excluding tert-OH is 1. The van der Waals surface area contributed by atoms with Gasteiger partial charge in [-0.3, -0.25) is 4.68 Å². The maximum Gasteiger partial charge on any atom is 0.0860 e. The minimum Gasteiger partial charge on any atom is -0.390 e. The van der Waals surface area contributed by atoms with Crippen molar-refractivity contribution in [2.45, 2.75) is 38.0 Å². The molecule has 0 saturated heterocycles. The average molecular weight is 320 g/mol. The van der Waals surface area contributed by atoms with Gasteiger partial charge in [0.05, 0.1) is 12.6 Å². The highest BCUT2D eigenvalue weighted by Gasteiger charge is 2.28. The van der Waals surface area contributed by atoms with Crippen molar-refractivity contribution < 1.29 is 5.11 Å². The lowest BCUT2D eigenvalue weighted by Crippen LogP contribution is -2.38. The molecule has 2 atom stereocenters. The van der Waals surface area contributed by atoms with Gasteiger partial charge in [0.25, 0.3) is 0 Å². The molecule has 0 amide bonds. The second kappa shape index (κ2) is 7.27. The Kier molecular flexibility index (Phi) is 5.13. The summed E-state index contributed by atoms with van der Waals surface area (Å²) in [6.45, 7) is 1.07. The zero-order chi connectivity index (χ0) is 15.4. The van der Waals surface area contributed by atoms with Crippen LogP contribution >= 0.6 is 11.6 Å². The van der Waals surface area contributed by atoms with E-state index in [1.165, 1.54) is 24.8 Å². The largest absolute Gasteiger partial charge is 0.390 e. The van der Waals surface area contributed by atoms with Gasteiger partial charge in [0.2, 0.25) is 0 Å². The van der Waals surface area contributed by atoms with E-state index >= 15 is 0 Å². The molecule has 1 aliphatic carbocycles. The van der Waals surface area contributed by atoms with E-state index in [0.29, 0.717) is 25.0 Å². The van der Waals surface area contributed by atoms with E-state index in [-0.39, 0.29) is 0 Å². The number of rotatable bonds is 7. The van der Waals surface area contributed by atoms with Crippen LogP contribution in [0.4, 0.5) is 0 Å². The standard InChI is InChI=1S/C17H22ClN3O/c18-15-7-5-14(6-8-15)17(13-3-1-4-13)19-11-16(22)12-21-10-2-9-20-21/h2,5-10,13,16-17,19,22H,1,3-4,11-12H2. The summed E-state index contributed by atoms with van der Waals surface area (Å²) in [6, 6.07) is 10.2. The molecule has 2 aromatic rings. The van der Waals surface area contributed by atoms with Gasteiger partial charge in [-0.25, -0.2) is 0 Å². The van der Waals surface area contributed by atoms with E-state index in [2.05, 4.69) is 22.5 Å². The van der Waals surface area contributed by atoms with Gasteiger partial charge in [-0.05, 0) is 42.5 Å². The zero-order valence-electron chi connectivity index (χ0n) is 12.5. The van der Waals surface area contributed by atoms with Gasteiger partial charge in [-0.1, -0.05) is 30.2 Å². The van der Waals surface area contributed by atoms with Crippen LogP contribution in [0.1, 0.15) is 30.9 Å². The molecule has 118 valence electrons. The first-order chi connectivity index (χ1) is 10.7. The van der Waals surface area contributed by atoms with Gasteiger partial charge in [0.1, 0.15) is 0 Å². The fourth-order valence-corrected chi connectivity index (χ4v) is 3.08. The average Bonchev–Trinajstić information content (AvgIpc) is 2.95. The Balaban J connectivity index is 1.59. The normalized spacial score (nSPS) is 17.9. The lowest BCUT2D eigenvalue weighted by atomic mass is 9.77. The quantitative estimate of drug-likeness (QED) is 0.824. The summed E-state index contributed by atoms with van der Waals surface area (Å²) >= 11 is 5.98. The lowest BCUT2D eigenvalue weighted by molar-refractivity contribution is 0.130. The van der Waals surface area contributed by atoms with Gasteiger partial charge < -0.3 is 10.4 Å². The number of hydrogen-bond acceptors (Lipinski definition) is 3. The molecule has 1 aromatic heterocycles. The number of nitrogens with zero attached hydrogens (tertiary/aromatic N) is 2. The highest BCUT2D eigenvalue weighted by atomic mass is 35.5. The maximum absolute atomic E-state index is 10.2. The molecule has 2 N–H and O–H groups in total. The van der Waals surface area contributed by atoms with Crippen LogP contribution in [0.3, 0.4) is 0 Å². The topological polar surface area (TPSA) is 50.1 Å². The smallest absolute Gasteiger partial charge is 0.0860 e. The van der Waals surface area contributed by atoms with Crippen LogP contribution in [0.2, 0.25) is 5.02 Å². The summed E-state index contributed by atoms with van der Waals surface area (Å²) in [4.78, 5) is 0. The van der Waals surface area contributed by atoms with Crippen LogP contribution in [-0.4, -0.2) is 27.5 Å². The summed E-state index contributed by atoms with van der Waals surface area (Å²) in [5.41, 5.74) is 1.25. The summed E-state index contributed by atoms with van der Waals surface area (Å²) in [5.74, 6) is 0.651. The van der Waals surface area contributed by atoms with E-state index in [1.54, 1.807) is 10.9 Å². The van der Waals surface area contributed by atoms with Crippen molar-refractivity contribution in [3.63, 3.8) is 0 Å². The molecule has 3 rings (SSSR count). The second-order valence-corrected chi connectivity index (χ2v) is 6.45. The Morgan fingerprint density at radius 2 is 2.09 bits per heavy atom. The fourth-order valence-electron chi connectivity index (χ4n) is 2.95. The predicted molar refractivity (Wildman–Crippen MR) is 87.8 cm³/mol. The van der Waals surface area contributed by atoms with Crippen LogP contribution < -0.4 is 5.32 Å². The lowest BCUT2D eigenvalue weighted by Gasteiger charge is -2.35. The van der Waals surface area contributed by atoms with Crippen molar-refractivity contribution in [1.82, 2.24) is 15.1 Å². The molecular formula is C17H22ClN3O. The first-order valence-electron chi connectivity index (χ1n) is 7.87. The Hall–Kier alpha value is -1.36. The number of aromatic nitrogens is 2. The highest BCUT2D eigenvalue weighted by molar-refractivity contribution is 6.30. The molecule has 0 aliphatic heterocycles. The van der Waals surface area contributed by atoms with Gasteiger partial charge in [0.15, 0.2) is 0 Å². The number of nitrogens with one attached hydrogen (secondary N) is 1. The van der Waals surface area contributed by atoms with Crippen molar-refractivity contribution in [3.8, 4) is 0 Å². The minimum absolute atomic E-state index is 0.290. The SMILES string of the molecule is OC(CNC(c1ccc(Cl)cc1)C1CCC1)Cn1cccn1. The first-order valence-corrected chi connectivity index (χ1v) is 8.24. The molecular weight excluding hydrogens is 298 g/mol. The number of aliphatic hydroxyl groups is 1. The van der Waals surface area contributed by atoms with Gasteiger partial charge in [-0.15, -0.1) is 0 Å². The molecule has 1 aromatic carbocycles. The molecule has 1 saturated carbocycles. The third-order valence-corrected chi connectivity index (χ3v) is 4.63. The maximum atomic E-state index is 10.2. The van der Waals surface area contributed by atoms with E-state index < -0.39 is 6.10 Å². The highest BCUT2D eigenvalue weighted by Crippen LogP contribution is 2.37. The second-order valence-electron chi connectivity index (χ2n) is 6.01. The molecule has 0 radical (unpaired) electrons. The van der Waals surface area contributed by atoms with Crippen LogP contribution in [-0.2, 0) is 6.54 Å². The monoisotopic (exact) mass is 319 g/mol. The van der Waals surface area contributed by atoms with Crippen molar-refractivity contribution in [3.05, 3.63) is 53.3 Å². The molecule has 0 spiro atoms. The summed E-state index contributed by atoms with van der Waals surface area (Å²) < 4.78 is 1.76. The van der Waals surface area contributed by atoms with Crippen molar-refractivity contribution in [2.75, 3.05) is 6.54 Å². The van der Waals surface area contributed by atoms with Gasteiger partial charge >= 0.3 is 0 Å². The number of hydrogen-bond donors (Lipinski definition) is 2. The van der Waals surface area contributed by atoms with Crippen LogP contribution in [0.15, 0.2) is 42.7 Å². The van der Waals surface area contributed by atoms with E-state index in [0.717, 1.165) is 5.02 Å². The van der Waals surface area contributed by atoms with E-state index in [9.17, 15) is 5.11 Å². The minimum atomic E-state index is -0.449. The van der Waals surface area contributed by atoms with Gasteiger partial charge in [-0.2, -0.15) is 5.10 Å². The van der Waals surface area contributed by atoms with Crippen LogP contribution in [0, 0.1) is 5.92 Å². The number of halogens is 1. The van der Waals surface area contributed by atoms with Crippen molar-refractivity contribution in [2.24, 2.45) is 5.92 Å². The van der Waals surface area contributed by atoms with Gasteiger partial charge in [0, 0.05) is 30.0 Å².